The minimum atomic E-state index is 0.520. The van der Waals surface area contributed by atoms with E-state index in [1.807, 2.05) is 24.3 Å². The summed E-state index contributed by atoms with van der Waals surface area (Å²) in [6, 6.07) is 14.4. The fourth-order valence-corrected chi connectivity index (χ4v) is 2.63. The number of rotatable bonds is 3. The van der Waals surface area contributed by atoms with Crippen LogP contribution in [0.15, 0.2) is 46.9 Å². The van der Waals surface area contributed by atoms with Gasteiger partial charge in [-0.25, -0.2) is 4.98 Å². The van der Waals surface area contributed by atoms with Gasteiger partial charge in [0.25, 0.3) is 0 Å². The number of benzene rings is 2. The van der Waals surface area contributed by atoms with Gasteiger partial charge in [-0.3, -0.25) is 0 Å². The summed E-state index contributed by atoms with van der Waals surface area (Å²) in [7, 11) is 0. The maximum absolute atomic E-state index is 4.52. The Morgan fingerprint density at radius 1 is 1.15 bits per heavy atom. The first-order valence-electron chi connectivity index (χ1n) is 6.64. The smallest absolute Gasteiger partial charge is 0.205 e. The van der Waals surface area contributed by atoms with Crippen molar-refractivity contribution in [1.29, 1.82) is 0 Å². The monoisotopic (exact) mass is 329 g/mol. The number of H-pyrrole nitrogens is 1. The highest BCUT2D eigenvalue weighted by Crippen LogP contribution is 2.29. The average Bonchev–Trinajstić information content (AvgIpc) is 2.83. The van der Waals surface area contributed by atoms with Crippen molar-refractivity contribution in [3.05, 3.63) is 52.5 Å². The van der Waals surface area contributed by atoms with E-state index in [4.69, 9.17) is 0 Å². The van der Waals surface area contributed by atoms with Crippen LogP contribution in [0.4, 0.5) is 11.6 Å². The number of aromatic amines is 1. The largest absolute Gasteiger partial charge is 0.325 e. The van der Waals surface area contributed by atoms with Gasteiger partial charge in [-0.2, -0.15) is 0 Å². The van der Waals surface area contributed by atoms with Gasteiger partial charge in [-0.15, -0.1) is 0 Å². The maximum atomic E-state index is 4.52. The van der Waals surface area contributed by atoms with Gasteiger partial charge < -0.3 is 10.3 Å². The molecule has 0 radical (unpaired) electrons. The number of hydrogen-bond acceptors (Lipinski definition) is 2. The second-order valence-electron chi connectivity index (χ2n) is 5.12. The Hall–Kier alpha value is -1.81. The van der Waals surface area contributed by atoms with Gasteiger partial charge in [0.2, 0.25) is 5.95 Å². The molecule has 0 saturated heterocycles. The van der Waals surface area contributed by atoms with Crippen molar-refractivity contribution < 1.29 is 0 Å². The average molecular weight is 330 g/mol. The number of hydrogen-bond donors (Lipinski definition) is 2. The number of halogens is 1. The normalized spacial score (nSPS) is 11.2. The van der Waals surface area contributed by atoms with E-state index < -0.39 is 0 Å². The van der Waals surface area contributed by atoms with E-state index in [9.17, 15) is 0 Å². The number of nitrogens with zero attached hydrogens (tertiary/aromatic N) is 1. The lowest BCUT2D eigenvalue weighted by molar-refractivity contribution is 0.866. The number of imidazole rings is 1. The summed E-state index contributed by atoms with van der Waals surface area (Å²) in [6.07, 6.45) is 0. The fraction of sp³-hybridized carbons (Fsp3) is 0.188. The molecule has 102 valence electrons. The SMILES string of the molecule is CC(C)c1ccc(Nc2nc3ccccc3[nH]2)c(Br)c1. The van der Waals surface area contributed by atoms with Crippen LogP contribution in [-0.4, -0.2) is 9.97 Å². The third-order valence-electron chi connectivity index (χ3n) is 3.30. The molecule has 2 aromatic carbocycles. The van der Waals surface area contributed by atoms with E-state index in [2.05, 4.69) is 63.3 Å². The number of fused-ring (bicyclic) bond motifs is 1. The first-order valence-corrected chi connectivity index (χ1v) is 7.44. The van der Waals surface area contributed by atoms with Crippen LogP contribution in [0.5, 0.6) is 0 Å². The van der Waals surface area contributed by atoms with Crippen LogP contribution in [0, 0.1) is 0 Å². The second-order valence-corrected chi connectivity index (χ2v) is 5.98. The van der Waals surface area contributed by atoms with Gasteiger partial charge in [0.1, 0.15) is 0 Å². The summed E-state index contributed by atoms with van der Waals surface area (Å²) in [5.41, 5.74) is 4.32. The Bertz CT molecular complexity index is 713. The highest BCUT2D eigenvalue weighted by molar-refractivity contribution is 9.10. The van der Waals surface area contributed by atoms with Crippen LogP contribution >= 0.6 is 15.9 Å². The Morgan fingerprint density at radius 2 is 1.95 bits per heavy atom. The molecular formula is C16H16BrN3. The fourth-order valence-electron chi connectivity index (χ4n) is 2.13. The van der Waals surface area contributed by atoms with Crippen LogP contribution in [-0.2, 0) is 0 Å². The summed E-state index contributed by atoms with van der Waals surface area (Å²) < 4.78 is 1.05. The molecule has 0 aliphatic heterocycles. The molecule has 3 rings (SSSR count). The summed E-state index contributed by atoms with van der Waals surface area (Å²) in [5.74, 6) is 1.27. The molecule has 3 aromatic rings. The van der Waals surface area contributed by atoms with E-state index in [1.54, 1.807) is 0 Å². The van der Waals surface area contributed by atoms with Gasteiger partial charge in [0, 0.05) is 4.47 Å². The minimum absolute atomic E-state index is 0.520. The lowest BCUT2D eigenvalue weighted by Crippen LogP contribution is -1.95. The van der Waals surface area contributed by atoms with Gasteiger partial charge in [-0.05, 0) is 51.7 Å². The molecule has 0 atom stereocenters. The van der Waals surface area contributed by atoms with Crippen LogP contribution in [0.2, 0.25) is 0 Å². The number of para-hydroxylation sites is 2. The maximum Gasteiger partial charge on any atom is 0.205 e. The molecule has 1 heterocycles. The van der Waals surface area contributed by atoms with Gasteiger partial charge >= 0.3 is 0 Å². The minimum Gasteiger partial charge on any atom is -0.325 e. The van der Waals surface area contributed by atoms with Crippen molar-refractivity contribution >= 4 is 38.6 Å². The molecule has 3 nitrogen and oxygen atoms in total. The first-order chi connectivity index (χ1) is 9.63. The molecule has 0 aliphatic carbocycles. The van der Waals surface area contributed by atoms with Crippen molar-refractivity contribution in [3.63, 3.8) is 0 Å². The van der Waals surface area contributed by atoms with E-state index in [-0.39, 0.29) is 0 Å². The van der Waals surface area contributed by atoms with E-state index in [0.717, 1.165) is 27.1 Å². The standard InChI is InChI=1S/C16H16BrN3/c1-10(2)11-7-8-13(12(17)9-11)18-16-19-14-5-3-4-6-15(14)20-16/h3-10H,1-2H3,(H2,18,19,20). The molecule has 2 N–H and O–H groups in total. The Kier molecular flexibility index (Phi) is 3.49. The van der Waals surface area contributed by atoms with Gasteiger partial charge in [0.15, 0.2) is 0 Å². The summed E-state index contributed by atoms with van der Waals surface area (Å²) in [5, 5.41) is 3.31. The van der Waals surface area contributed by atoms with E-state index >= 15 is 0 Å². The molecule has 1 aromatic heterocycles. The molecule has 0 spiro atoms. The Labute approximate surface area is 126 Å². The van der Waals surface area contributed by atoms with Gasteiger partial charge in [-0.1, -0.05) is 32.0 Å². The molecule has 20 heavy (non-hydrogen) atoms. The number of nitrogens with one attached hydrogen (secondary N) is 2. The first kappa shape index (κ1) is 13.2. The summed E-state index contributed by atoms with van der Waals surface area (Å²) in [6.45, 7) is 4.38. The summed E-state index contributed by atoms with van der Waals surface area (Å²) >= 11 is 3.61. The molecule has 0 fully saturated rings. The van der Waals surface area contributed by atoms with E-state index in [0.29, 0.717) is 5.92 Å². The lowest BCUT2D eigenvalue weighted by Gasteiger charge is -2.10. The Balaban J connectivity index is 1.90. The van der Waals surface area contributed by atoms with E-state index in [1.165, 1.54) is 5.56 Å². The molecule has 4 heteroatoms. The van der Waals surface area contributed by atoms with Crippen molar-refractivity contribution in [2.45, 2.75) is 19.8 Å². The van der Waals surface area contributed by atoms with Crippen molar-refractivity contribution in [3.8, 4) is 0 Å². The molecular weight excluding hydrogens is 314 g/mol. The zero-order valence-corrected chi connectivity index (χ0v) is 13.0. The third-order valence-corrected chi connectivity index (χ3v) is 3.96. The quantitative estimate of drug-likeness (QED) is 0.693. The van der Waals surface area contributed by atoms with Crippen molar-refractivity contribution in [2.24, 2.45) is 0 Å². The molecule has 0 unspecified atom stereocenters. The second kappa shape index (κ2) is 5.29. The van der Waals surface area contributed by atoms with Gasteiger partial charge in [0.05, 0.1) is 16.7 Å². The summed E-state index contributed by atoms with van der Waals surface area (Å²) in [4.78, 5) is 7.78. The molecule has 0 bridgehead atoms. The van der Waals surface area contributed by atoms with Crippen LogP contribution in [0.3, 0.4) is 0 Å². The molecule has 0 saturated carbocycles. The van der Waals surface area contributed by atoms with Crippen molar-refractivity contribution in [1.82, 2.24) is 9.97 Å². The molecule has 0 aliphatic rings. The third kappa shape index (κ3) is 2.56. The predicted molar refractivity (Wildman–Crippen MR) is 87.6 cm³/mol. The predicted octanol–water partition coefficient (Wildman–Crippen LogP) is 5.19. The number of aromatic nitrogens is 2. The number of anilines is 2. The van der Waals surface area contributed by atoms with Crippen LogP contribution in [0.1, 0.15) is 25.3 Å². The zero-order valence-electron chi connectivity index (χ0n) is 11.4. The Morgan fingerprint density at radius 3 is 2.65 bits per heavy atom. The molecule has 0 amide bonds. The van der Waals surface area contributed by atoms with Crippen LogP contribution < -0.4 is 5.32 Å². The van der Waals surface area contributed by atoms with Crippen LogP contribution in [0.25, 0.3) is 11.0 Å². The lowest BCUT2D eigenvalue weighted by atomic mass is 10.0. The highest BCUT2D eigenvalue weighted by atomic mass is 79.9. The highest BCUT2D eigenvalue weighted by Gasteiger charge is 2.07. The topological polar surface area (TPSA) is 40.7 Å². The zero-order chi connectivity index (χ0) is 14.1. The van der Waals surface area contributed by atoms with Crippen molar-refractivity contribution in [2.75, 3.05) is 5.32 Å².